The van der Waals surface area contributed by atoms with Crippen molar-refractivity contribution in [1.82, 2.24) is 15.2 Å². The van der Waals surface area contributed by atoms with E-state index in [4.69, 9.17) is 15.3 Å². The molecule has 0 saturated heterocycles. The van der Waals surface area contributed by atoms with Crippen LogP contribution in [0.25, 0.3) is 6.20 Å². The summed E-state index contributed by atoms with van der Waals surface area (Å²) in [6.07, 6.45) is 4.05. The van der Waals surface area contributed by atoms with Gasteiger partial charge in [0.1, 0.15) is 0 Å². The molecule has 1 aromatic heterocycles. The van der Waals surface area contributed by atoms with Gasteiger partial charge in [-0.25, -0.2) is 9.59 Å². The van der Waals surface area contributed by atoms with E-state index in [0.29, 0.717) is 0 Å². The standard InChI is InChI=1S/C8H9NO.2C4H9NO2/c10-6-7-3-5-9-4-1-2-8(7)9;2*1-3(2)5-4(6)7/h1-5,7,10H,6H2;2*3,5H,1-2H3,(H,6,7). The van der Waals surface area contributed by atoms with Crippen LogP contribution in [0.3, 0.4) is 0 Å². The van der Waals surface area contributed by atoms with Crippen molar-refractivity contribution in [3.8, 4) is 0 Å². The van der Waals surface area contributed by atoms with Crippen LogP contribution in [0.1, 0.15) is 39.3 Å². The number of aliphatic hydroxyl groups excluding tert-OH is 1. The largest absolute Gasteiger partial charge is 0.465 e. The Hall–Kier alpha value is -2.48. The first-order chi connectivity index (χ1) is 11.2. The van der Waals surface area contributed by atoms with Crippen molar-refractivity contribution < 1.29 is 24.9 Å². The van der Waals surface area contributed by atoms with E-state index in [1.165, 1.54) is 5.69 Å². The molecule has 24 heavy (non-hydrogen) atoms. The Morgan fingerprint density at radius 2 is 1.62 bits per heavy atom. The van der Waals surface area contributed by atoms with Gasteiger partial charge in [0.05, 0.1) is 6.61 Å². The minimum atomic E-state index is -0.963. The Morgan fingerprint density at radius 1 is 1.12 bits per heavy atom. The lowest BCUT2D eigenvalue weighted by Crippen LogP contribution is -2.27. The van der Waals surface area contributed by atoms with Gasteiger partial charge < -0.3 is 30.5 Å². The van der Waals surface area contributed by atoms with Gasteiger partial charge in [-0.15, -0.1) is 0 Å². The predicted octanol–water partition coefficient (Wildman–Crippen LogP) is 2.37. The van der Waals surface area contributed by atoms with Crippen molar-refractivity contribution in [3.63, 3.8) is 0 Å². The smallest absolute Gasteiger partial charge is 0.404 e. The molecule has 2 rings (SSSR count). The third kappa shape index (κ3) is 9.52. The van der Waals surface area contributed by atoms with Crippen molar-refractivity contribution in [1.29, 1.82) is 0 Å². The molecule has 8 nitrogen and oxygen atoms in total. The third-order valence-corrected chi connectivity index (χ3v) is 2.69. The molecule has 2 amide bonds. The van der Waals surface area contributed by atoms with Crippen LogP contribution in [0, 0.1) is 0 Å². The minimum absolute atomic E-state index is 0.0255. The molecule has 0 aliphatic carbocycles. The van der Waals surface area contributed by atoms with E-state index in [0.717, 1.165) is 0 Å². The number of hydrogen-bond acceptors (Lipinski definition) is 3. The maximum absolute atomic E-state index is 9.70. The summed E-state index contributed by atoms with van der Waals surface area (Å²) in [5.41, 5.74) is 1.18. The summed E-state index contributed by atoms with van der Waals surface area (Å²) >= 11 is 0. The monoisotopic (exact) mass is 341 g/mol. The van der Waals surface area contributed by atoms with Crippen LogP contribution in [0.5, 0.6) is 0 Å². The van der Waals surface area contributed by atoms with Crippen LogP contribution in [0.2, 0.25) is 0 Å². The number of hydrogen-bond donors (Lipinski definition) is 5. The van der Waals surface area contributed by atoms with Gasteiger partial charge in [0.2, 0.25) is 0 Å². The van der Waals surface area contributed by atoms with Crippen LogP contribution in [-0.4, -0.2) is 50.8 Å². The van der Waals surface area contributed by atoms with Crippen molar-refractivity contribution in [3.05, 3.63) is 30.1 Å². The second-order valence-electron chi connectivity index (χ2n) is 5.68. The Balaban J connectivity index is 0.000000343. The summed E-state index contributed by atoms with van der Waals surface area (Å²) in [6.45, 7) is 7.30. The third-order valence-electron chi connectivity index (χ3n) is 2.69. The van der Waals surface area contributed by atoms with Crippen LogP contribution >= 0.6 is 0 Å². The highest BCUT2D eigenvalue weighted by Gasteiger charge is 2.14. The van der Waals surface area contributed by atoms with Crippen molar-refractivity contribution >= 4 is 18.4 Å². The van der Waals surface area contributed by atoms with Gasteiger partial charge in [-0.2, -0.15) is 0 Å². The summed E-state index contributed by atoms with van der Waals surface area (Å²) in [5, 5.41) is 29.3. The van der Waals surface area contributed by atoms with Crippen molar-refractivity contribution in [2.75, 3.05) is 6.61 Å². The van der Waals surface area contributed by atoms with Gasteiger partial charge >= 0.3 is 12.2 Å². The topological polar surface area (TPSA) is 124 Å². The number of carboxylic acid groups (broad SMARTS) is 2. The number of rotatable bonds is 3. The van der Waals surface area contributed by atoms with E-state index in [1.54, 1.807) is 27.7 Å². The molecule has 0 bridgehead atoms. The summed E-state index contributed by atoms with van der Waals surface area (Å²) in [5.74, 6) is 0.218. The van der Waals surface area contributed by atoms with Gasteiger partial charge in [0.25, 0.3) is 0 Å². The highest BCUT2D eigenvalue weighted by Crippen LogP contribution is 2.23. The lowest BCUT2D eigenvalue weighted by atomic mass is 10.1. The Labute approximate surface area is 141 Å². The first kappa shape index (κ1) is 21.5. The lowest BCUT2D eigenvalue weighted by molar-refractivity contribution is 0.190. The van der Waals surface area contributed by atoms with E-state index in [-0.39, 0.29) is 24.6 Å². The molecule has 0 radical (unpaired) electrons. The molecule has 1 unspecified atom stereocenters. The fourth-order valence-electron chi connectivity index (χ4n) is 1.80. The van der Waals surface area contributed by atoms with Gasteiger partial charge in [0, 0.05) is 36.1 Å². The zero-order valence-corrected chi connectivity index (χ0v) is 14.4. The van der Waals surface area contributed by atoms with E-state index >= 15 is 0 Å². The molecule has 0 aromatic carbocycles. The number of nitrogens with one attached hydrogen (secondary N) is 2. The number of carbonyl (C=O) groups is 2. The molecule has 8 heteroatoms. The van der Waals surface area contributed by atoms with Crippen LogP contribution in [-0.2, 0) is 0 Å². The van der Waals surface area contributed by atoms with E-state index < -0.39 is 12.2 Å². The molecule has 1 atom stereocenters. The Morgan fingerprint density at radius 3 is 1.96 bits per heavy atom. The minimum Gasteiger partial charge on any atom is -0.465 e. The Bertz CT molecular complexity index is 518. The average Bonchev–Trinajstić information content (AvgIpc) is 2.98. The molecule has 1 aliphatic heterocycles. The highest BCUT2D eigenvalue weighted by molar-refractivity contribution is 5.64. The van der Waals surface area contributed by atoms with E-state index in [1.807, 2.05) is 35.2 Å². The normalized spacial score (nSPS) is 14.2. The van der Waals surface area contributed by atoms with Crippen LogP contribution in [0.4, 0.5) is 9.59 Å². The molecule has 1 aromatic rings. The maximum Gasteiger partial charge on any atom is 0.404 e. The molecule has 5 N–H and O–H groups in total. The summed E-state index contributed by atoms with van der Waals surface area (Å²) in [4.78, 5) is 19.4. The molecule has 0 spiro atoms. The molecule has 0 fully saturated rings. The number of aliphatic hydroxyl groups is 1. The predicted molar refractivity (Wildman–Crippen MR) is 92.2 cm³/mol. The second-order valence-corrected chi connectivity index (χ2v) is 5.68. The van der Waals surface area contributed by atoms with Gasteiger partial charge in [0.15, 0.2) is 0 Å². The number of amides is 2. The first-order valence-electron chi connectivity index (χ1n) is 7.62. The van der Waals surface area contributed by atoms with E-state index in [2.05, 4.69) is 10.6 Å². The average molecular weight is 341 g/mol. The van der Waals surface area contributed by atoms with Gasteiger partial charge in [-0.05, 0) is 39.8 Å². The van der Waals surface area contributed by atoms with Crippen molar-refractivity contribution in [2.45, 2.75) is 45.7 Å². The number of nitrogens with zero attached hydrogens (tertiary/aromatic N) is 1. The van der Waals surface area contributed by atoms with Crippen LogP contribution < -0.4 is 10.6 Å². The quantitative estimate of drug-likeness (QED) is 0.577. The SMILES string of the molecule is CC(C)NC(=O)O.CC(C)NC(=O)O.OCC1C=Cn2cccc21. The zero-order chi connectivity index (χ0) is 18.7. The fourth-order valence-corrected chi connectivity index (χ4v) is 1.80. The lowest BCUT2D eigenvalue weighted by Gasteiger charge is -2.01. The molecule has 1 aliphatic rings. The first-order valence-corrected chi connectivity index (χ1v) is 7.62. The second kappa shape index (κ2) is 11.1. The van der Waals surface area contributed by atoms with Gasteiger partial charge in [-0.1, -0.05) is 6.08 Å². The van der Waals surface area contributed by atoms with E-state index in [9.17, 15) is 9.59 Å². The summed E-state index contributed by atoms with van der Waals surface area (Å²) in [6, 6.07) is 4.07. The summed E-state index contributed by atoms with van der Waals surface area (Å²) < 4.78 is 2.03. The molecule has 2 heterocycles. The fraction of sp³-hybridized carbons (Fsp3) is 0.500. The number of aromatic nitrogens is 1. The van der Waals surface area contributed by atoms with Crippen molar-refractivity contribution in [2.24, 2.45) is 0 Å². The molecule has 0 saturated carbocycles. The number of fused-ring (bicyclic) bond motifs is 1. The Kier molecular flexibility index (Phi) is 9.97. The molecule has 136 valence electrons. The van der Waals surface area contributed by atoms with Crippen LogP contribution in [0.15, 0.2) is 24.4 Å². The highest BCUT2D eigenvalue weighted by atomic mass is 16.4. The van der Waals surface area contributed by atoms with Gasteiger partial charge in [-0.3, -0.25) is 0 Å². The molecular weight excluding hydrogens is 314 g/mol. The maximum atomic E-state index is 9.70. The molecular formula is C16H27N3O5. The zero-order valence-electron chi connectivity index (χ0n) is 14.4. The summed E-state index contributed by atoms with van der Waals surface area (Å²) in [7, 11) is 0.